The summed E-state index contributed by atoms with van der Waals surface area (Å²) in [6.07, 6.45) is 4.08. The van der Waals surface area contributed by atoms with Gasteiger partial charge < -0.3 is 5.73 Å². The molecule has 0 unspecified atom stereocenters. The van der Waals surface area contributed by atoms with E-state index < -0.39 is 5.83 Å². The van der Waals surface area contributed by atoms with E-state index in [1.54, 1.807) is 13.0 Å². The second kappa shape index (κ2) is 4.50. The van der Waals surface area contributed by atoms with Crippen molar-refractivity contribution in [1.29, 1.82) is 0 Å². The average Bonchev–Trinajstić information content (AvgIpc) is 2.05. The lowest BCUT2D eigenvalue weighted by Crippen LogP contribution is -1.99. The van der Waals surface area contributed by atoms with E-state index in [-0.39, 0.29) is 0 Å². The van der Waals surface area contributed by atoms with Gasteiger partial charge in [0.1, 0.15) is 5.83 Å². The summed E-state index contributed by atoms with van der Waals surface area (Å²) in [5, 5.41) is 0. The van der Waals surface area contributed by atoms with Crippen LogP contribution in [0.5, 0.6) is 0 Å². The third-order valence-electron chi connectivity index (χ3n) is 1.26. The van der Waals surface area contributed by atoms with Crippen LogP contribution in [0.15, 0.2) is 48.5 Å². The van der Waals surface area contributed by atoms with Gasteiger partial charge in [-0.05, 0) is 13.0 Å². The molecule has 0 aliphatic heterocycles. The molecule has 0 aromatic carbocycles. The molecule has 0 atom stereocenters. The molecule has 0 bridgehead atoms. The third-order valence-corrected chi connectivity index (χ3v) is 1.26. The standard InChI is InChI=1S/C9H12FN/c1-4-7(8(10)5-2)9(11)6-3/h4-6H,1-2,11H2,3H3/b8-7-,9-6-. The molecule has 0 spiro atoms. The first kappa shape index (κ1) is 9.69. The second-order valence-corrected chi connectivity index (χ2v) is 1.91. The van der Waals surface area contributed by atoms with Crippen molar-refractivity contribution in [2.45, 2.75) is 6.92 Å². The number of rotatable bonds is 3. The molecule has 0 aromatic heterocycles. The molecule has 0 aliphatic carbocycles. The molecule has 0 heterocycles. The molecule has 0 rings (SSSR count). The van der Waals surface area contributed by atoms with Crippen molar-refractivity contribution < 1.29 is 4.39 Å². The van der Waals surface area contributed by atoms with E-state index in [9.17, 15) is 4.39 Å². The Morgan fingerprint density at radius 1 is 1.36 bits per heavy atom. The summed E-state index contributed by atoms with van der Waals surface area (Å²) in [5.74, 6) is -0.449. The molecule has 0 saturated carbocycles. The van der Waals surface area contributed by atoms with Gasteiger partial charge in [0, 0.05) is 11.3 Å². The van der Waals surface area contributed by atoms with Crippen LogP contribution >= 0.6 is 0 Å². The van der Waals surface area contributed by atoms with Crippen LogP contribution in [-0.2, 0) is 0 Å². The zero-order valence-electron chi connectivity index (χ0n) is 6.60. The number of allylic oxidation sites excluding steroid dienone is 4. The van der Waals surface area contributed by atoms with Crippen molar-refractivity contribution >= 4 is 0 Å². The third kappa shape index (κ3) is 2.42. The second-order valence-electron chi connectivity index (χ2n) is 1.91. The van der Waals surface area contributed by atoms with Crippen molar-refractivity contribution in [1.82, 2.24) is 0 Å². The lowest BCUT2D eigenvalue weighted by Gasteiger charge is -2.00. The van der Waals surface area contributed by atoms with Gasteiger partial charge in [-0.3, -0.25) is 0 Å². The van der Waals surface area contributed by atoms with Gasteiger partial charge in [-0.1, -0.05) is 25.3 Å². The maximum atomic E-state index is 12.8. The predicted octanol–water partition coefficient (Wildman–Crippen LogP) is 2.44. The molecule has 0 aromatic rings. The maximum absolute atomic E-state index is 12.8. The van der Waals surface area contributed by atoms with Gasteiger partial charge in [0.15, 0.2) is 0 Å². The van der Waals surface area contributed by atoms with Crippen molar-refractivity contribution in [3.05, 3.63) is 48.5 Å². The van der Waals surface area contributed by atoms with Crippen LogP contribution in [0.25, 0.3) is 0 Å². The van der Waals surface area contributed by atoms with Gasteiger partial charge >= 0.3 is 0 Å². The van der Waals surface area contributed by atoms with E-state index in [1.807, 2.05) is 0 Å². The maximum Gasteiger partial charge on any atom is 0.131 e. The van der Waals surface area contributed by atoms with Gasteiger partial charge in [0.05, 0.1) is 0 Å². The Kier molecular flexibility index (Phi) is 3.96. The van der Waals surface area contributed by atoms with Crippen molar-refractivity contribution in [2.24, 2.45) is 5.73 Å². The van der Waals surface area contributed by atoms with E-state index in [2.05, 4.69) is 13.2 Å². The summed E-state index contributed by atoms with van der Waals surface area (Å²) >= 11 is 0. The zero-order chi connectivity index (χ0) is 8.85. The van der Waals surface area contributed by atoms with Gasteiger partial charge in [-0.15, -0.1) is 0 Å². The Bertz CT molecular complexity index is 224. The summed E-state index contributed by atoms with van der Waals surface area (Å²) < 4.78 is 12.8. The van der Waals surface area contributed by atoms with Crippen molar-refractivity contribution in [3.8, 4) is 0 Å². The van der Waals surface area contributed by atoms with Crippen LogP contribution in [0.1, 0.15) is 6.92 Å². The SMILES string of the molecule is C=C/C(F)=C(C=C)/C(N)=C/C. The van der Waals surface area contributed by atoms with Crippen LogP contribution in [0.2, 0.25) is 0 Å². The number of halogens is 1. The van der Waals surface area contributed by atoms with E-state index in [4.69, 9.17) is 5.73 Å². The molecule has 1 nitrogen and oxygen atoms in total. The highest BCUT2D eigenvalue weighted by atomic mass is 19.1. The first-order valence-corrected chi connectivity index (χ1v) is 3.24. The Morgan fingerprint density at radius 3 is 2.18 bits per heavy atom. The molecule has 2 N–H and O–H groups in total. The summed E-state index contributed by atoms with van der Waals surface area (Å²) in [7, 11) is 0. The normalized spacial score (nSPS) is 13.8. The molecule has 0 aliphatic rings. The molecular weight excluding hydrogens is 141 g/mol. The van der Waals surface area contributed by atoms with E-state index in [1.165, 1.54) is 6.08 Å². The first-order chi connectivity index (χ1) is 5.17. The van der Waals surface area contributed by atoms with Gasteiger partial charge in [0.25, 0.3) is 0 Å². The summed E-state index contributed by atoms with van der Waals surface area (Å²) in [6, 6.07) is 0. The number of hydrogen-bond donors (Lipinski definition) is 1. The Labute approximate surface area is 66.4 Å². The number of hydrogen-bond acceptors (Lipinski definition) is 1. The first-order valence-electron chi connectivity index (χ1n) is 3.24. The molecule has 0 amide bonds. The lowest BCUT2D eigenvalue weighted by atomic mass is 10.1. The molecule has 0 fully saturated rings. The van der Waals surface area contributed by atoms with Crippen LogP contribution in [0.3, 0.4) is 0 Å². The van der Waals surface area contributed by atoms with Crippen molar-refractivity contribution in [2.75, 3.05) is 0 Å². The fourth-order valence-corrected chi connectivity index (χ4v) is 0.619. The van der Waals surface area contributed by atoms with Crippen LogP contribution in [0, 0.1) is 0 Å². The fraction of sp³-hybridized carbons (Fsp3) is 0.111. The Morgan fingerprint density at radius 2 is 1.91 bits per heavy atom. The quantitative estimate of drug-likeness (QED) is 0.619. The molecule has 60 valence electrons. The molecule has 0 saturated heterocycles. The van der Waals surface area contributed by atoms with E-state index in [0.717, 1.165) is 6.08 Å². The van der Waals surface area contributed by atoms with Crippen LogP contribution in [-0.4, -0.2) is 0 Å². The smallest absolute Gasteiger partial charge is 0.131 e. The largest absolute Gasteiger partial charge is 0.398 e. The highest BCUT2D eigenvalue weighted by molar-refractivity contribution is 5.41. The average molecular weight is 153 g/mol. The molecule has 0 radical (unpaired) electrons. The molecule has 11 heavy (non-hydrogen) atoms. The topological polar surface area (TPSA) is 26.0 Å². The minimum atomic E-state index is -0.449. The predicted molar refractivity (Wildman–Crippen MR) is 46.5 cm³/mol. The minimum absolute atomic E-state index is 0.294. The lowest BCUT2D eigenvalue weighted by molar-refractivity contribution is 0.660. The van der Waals surface area contributed by atoms with Gasteiger partial charge in [0.2, 0.25) is 0 Å². The van der Waals surface area contributed by atoms with Crippen LogP contribution < -0.4 is 5.73 Å². The highest BCUT2D eigenvalue weighted by Crippen LogP contribution is 2.13. The summed E-state index contributed by atoms with van der Waals surface area (Å²) in [6.45, 7) is 8.45. The Balaban J connectivity index is 4.95. The fourth-order valence-electron chi connectivity index (χ4n) is 0.619. The number of nitrogens with two attached hydrogens (primary N) is 1. The van der Waals surface area contributed by atoms with E-state index >= 15 is 0 Å². The van der Waals surface area contributed by atoms with Crippen LogP contribution in [0.4, 0.5) is 4.39 Å². The van der Waals surface area contributed by atoms with Crippen molar-refractivity contribution in [3.63, 3.8) is 0 Å². The monoisotopic (exact) mass is 153 g/mol. The molecular formula is C9H12FN. The van der Waals surface area contributed by atoms with Gasteiger partial charge in [-0.25, -0.2) is 4.39 Å². The zero-order valence-corrected chi connectivity index (χ0v) is 6.60. The molecule has 2 heteroatoms. The highest BCUT2D eigenvalue weighted by Gasteiger charge is 2.00. The van der Waals surface area contributed by atoms with Gasteiger partial charge in [-0.2, -0.15) is 0 Å². The summed E-state index contributed by atoms with van der Waals surface area (Å²) in [4.78, 5) is 0. The minimum Gasteiger partial charge on any atom is -0.398 e. The van der Waals surface area contributed by atoms with E-state index in [0.29, 0.717) is 11.3 Å². The Hall–Kier alpha value is -1.31. The summed E-state index contributed by atoms with van der Waals surface area (Å²) in [5.41, 5.74) is 6.12.